The van der Waals surface area contributed by atoms with Gasteiger partial charge in [-0.1, -0.05) is 70.7 Å². The van der Waals surface area contributed by atoms with Crippen molar-refractivity contribution in [3.05, 3.63) is 24.3 Å². The average molecular weight is 368 g/mol. The summed E-state index contributed by atoms with van der Waals surface area (Å²) in [5, 5.41) is 5.73. The van der Waals surface area contributed by atoms with Crippen molar-refractivity contribution in [3.63, 3.8) is 0 Å². The van der Waals surface area contributed by atoms with Crippen LogP contribution in [-0.4, -0.2) is 21.2 Å². The normalized spacial score (nSPS) is 11.4. The second-order valence-corrected chi connectivity index (χ2v) is 9.10. The molecule has 23 heavy (non-hydrogen) atoms. The molecule has 0 unspecified atom stereocenters. The van der Waals surface area contributed by atoms with E-state index >= 15 is 0 Å². The molecule has 1 heterocycles. The zero-order valence-corrected chi connectivity index (χ0v) is 17.1. The molecular formula is C19H29NS3. The van der Waals surface area contributed by atoms with Crippen LogP contribution in [0.3, 0.4) is 0 Å². The summed E-state index contributed by atoms with van der Waals surface area (Å²) >= 11 is 5.97. The predicted octanol–water partition coefficient (Wildman–Crippen LogP) is 7.33. The van der Waals surface area contributed by atoms with Crippen molar-refractivity contribution < 1.29 is 0 Å². The number of benzene rings is 1. The highest BCUT2D eigenvalue weighted by atomic mass is 32.2. The Labute approximate surface area is 154 Å². The zero-order valence-electron chi connectivity index (χ0n) is 14.6. The smallest absolute Gasteiger partial charge is 0.0943 e. The molecule has 1 aromatic heterocycles. The first-order valence-electron chi connectivity index (χ1n) is 8.85. The maximum Gasteiger partial charge on any atom is 0.0943 e. The number of thioether (sulfide) groups is 2. The highest BCUT2D eigenvalue weighted by Gasteiger charge is 2.17. The Bertz CT molecular complexity index is 549. The Morgan fingerprint density at radius 3 is 1.87 bits per heavy atom. The number of hydrogen-bond donors (Lipinski definition) is 0. The lowest BCUT2D eigenvalue weighted by atomic mass is 10.2. The summed E-state index contributed by atoms with van der Waals surface area (Å²) in [7, 11) is 0. The number of rotatable bonds is 11. The lowest BCUT2D eigenvalue weighted by Gasteiger charge is -2.11. The van der Waals surface area contributed by atoms with Crippen LogP contribution in [0.25, 0.3) is 10.8 Å². The van der Waals surface area contributed by atoms with Gasteiger partial charge in [-0.2, -0.15) is 0 Å². The van der Waals surface area contributed by atoms with Crippen molar-refractivity contribution in [3.8, 4) is 0 Å². The molecule has 0 amide bonds. The minimum absolute atomic E-state index is 1.13. The summed E-state index contributed by atoms with van der Waals surface area (Å²) in [6, 6.07) is 8.90. The topological polar surface area (TPSA) is 4.93 Å². The van der Waals surface area contributed by atoms with Crippen molar-refractivity contribution in [1.29, 1.82) is 0 Å². The molecule has 0 bridgehead atoms. The molecule has 1 nitrogen and oxygen atoms in total. The molecule has 0 fully saturated rings. The van der Waals surface area contributed by atoms with Gasteiger partial charge in [-0.25, -0.2) is 0 Å². The quantitative estimate of drug-likeness (QED) is 0.303. The molecule has 4 heteroatoms. The molecule has 0 aliphatic heterocycles. The van der Waals surface area contributed by atoms with Gasteiger partial charge in [-0.3, -0.25) is 3.97 Å². The van der Waals surface area contributed by atoms with Crippen molar-refractivity contribution in [2.75, 3.05) is 17.3 Å². The standard InChI is InChI=1S/C19H29NS3/c1-4-7-8-9-12-15-23-20-18(21-5-2)16-13-10-11-14-17(16)19(20)22-6-3/h10-11,13-14H,4-9,12,15H2,1-3H3. The van der Waals surface area contributed by atoms with Gasteiger partial charge < -0.3 is 0 Å². The van der Waals surface area contributed by atoms with E-state index in [2.05, 4.69) is 49.0 Å². The number of hydrogen-bond acceptors (Lipinski definition) is 3. The first kappa shape index (κ1) is 19.1. The van der Waals surface area contributed by atoms with Gasteiger partial charge in [-0.05, 0) is 29.9 Å². The predicted molar refractivity (Wildman–Crippen MR) is 111 cm³/mol. The first-order chi connectivity index (χ1) is 11.3. The summed E-state index contributed by atoms with van der Waals surface area (Å²) < 4.78 is 2.52. The number of nitrogens with zero attached hydrogens (tertiary/aromatic N) is 1. The Hall–Kier alpha value is -0.190. The molecule has 0 aliphatic rings. The summed E-state index contributed by atoms with van der Waals surface area (Å²) in [6.07, 6.45) is 6.79. The first-order valence-corrected chi connectivity index (χ1v) is 11.8. The van der Waals surface area contributed by atoms with Crippen LogP contribution in [0.1, 0.15) is 52.9 Å². The van der Waals surface area contributed by atoms with Gasteiger partial charge in [0, 0.05) is 16.5 Å². The third-order valence-electron chi connectivity index (χ3n) is 3.79. The summed E-state index contributed by atoms with van der Waals surface area (Å²) in [5.74, 6) is 3.47. The summed E-state index contributed by atoms with van der Waals surface area (Å²) in [5.41, 5.74) is 0. The van der Waals surface area contributed by atoms with Crippen LogP contribution in [0.15, 0.2) is 34.3 Å². The SMILES string of the molecule is CCCCCCCSn1c(SCC)c2ccccc2c1SCC. The minimum Gasteiger partial charge on any atom is -0.271 e. The van der Waals surface area contributed by atoms with E-state index in [1.54, 1.807) is 0 Å². The minimum atomic E-state index is 1.13. The molecule has 0 saturated heterocycles. The van der Waals surface area contributed by atoms with Crippen LogP contribution in [0, 0.1) is 0 Å². The van der Waals surface area contributed by atoms with Gasteiger partial charge >= 0.3 is 0 Å². The molecule has 0 spiro atoms. The maximum atomic E-state index is 2.52. The van der Waals surface area contributed by atoms with E-state index in [0.717, 1.165) is 11.5 Å². The Balaban J connectivity index is 2.17. The molecular weight excluding hydrogens is 338 g/mol. The van der Waals surface area contributed by atoms with Crippen molar-refractivity contribution in [2.45, 2.75) is 62.9 Å². The van der Waals surface area contributed by atoms with Crippen LogP contribution < -0.4 is 0 Å². The second kappa shape index (κ2) is 10.6. The molecule has 0 atom stereocenters. The Morgan fingerprint density at radius 1 is 0.783 bits per heavy atom. The van der Waals surface area contributed by atoms with E-state index in [0.29, 0.717) is 0 Å². The lowest BCUT2D eigenvalue weighted by Crippen LogP contribution is -1.95. The van der Waals surface area contributed by atoms with Gasteiger partial charge in [0.15, 0.2) is 0 Å². The molecule has 0 aliphatic carbocycles. The van der Waals surface area contributed by atoms with E-state index < -0.39 is 0 Å². The van der Waals surface area contributed by atoms with Gasteiger partial charge in [0.1, 0.15) is 0 Å². The van der Waals surface area contributed by atoms with Gasteiger partial charge in [-0.15, -0.1) is 23.5 Å². The fourth-order valence-electron chi connectivity index (χ4n) is 2.69. The maximum absolute atomic E-state index is 2.52. The Kier molecular flexibility index (Phi) is 8.84. The molecule has 1 aromatic carbocycles. The van der Waals surface area contributed by atoms with E-state index in [1.807, 2.05) is 35.5 Å². The molecule has 0 N–H and O–H groups in total. The third-order valence-corrected chi connectivity index (χ3v) is 7.04. The average Bonchev–Trinajstić information content (AvgIpc) is 2.86. The van der Waals surface area contributed by atoms with Crippen molar-refractivity contribution in [2.24, 2.45) is 0 Å². The van der Waals surface area contributed by atoms with Crippen LogP contribution >= 0.6 is 35.5 Å². The number of fused-ring (bicyclic) bond motifs is 1. The van der Waals surface area contributed by atoms with Crippen molar-refractivity contribution in [1.82, 2.24) is 3.97 Å². The highest BCUT2D eigenvalue weighted by molar-refractivity contribution is 8.03. The highest BCUT2D eigenvalue weighted by Crippen LogP contribution is 2.41. The molecule has 0 radical (unpaired) electrons. The van der Waals surface area contributed by atoms with Crippen LogP contribution in [0.5, 0.6) is 0 Å². The fourth-order valence-corrected chi connectivity index (χ4v) is 5.96. The largest absolute Gasteiger partial charge is 0.271 e. The molecule has 2 aromatic rings. The van der Waals surface area contributed by atoms with E-state index in [1.165, 1.54) is 58.7 Å². The summed E-state index contributed by atoms with van der Waals surface area (Å²) in [4.78, 5) is 0. The monoisotopic (exact) mass is 367 g/mol. The van der Waals surface area contributed by atoms with Crippen molar-refractivity contribution >= 4 is 46.2 Å². The van der Waals surface area contributed by atoms with Gasteiger partial charge in [0.05, 0.1) is 10.1 Å². The Morgan fingerprint density at radius 2 is 1.35 bits per heavy atom. The zero-order chi connectivity index (χ0) is 16.5. The van der Waals surface area contributed by atoms with E-state index in [4.69, 9.17) is 0 Å². The van der Waals surface area contributed by atoms with Crippen LogP contribution in [-0.2, 0) is 0 Å². The molecule has 2 rings (SSSR count). The van der Waals surface area contributed by atoms with E-state index in [9.17, 15) is 0 Å². The van der Waals surface area contributed by atoms with Gasteiger partial charge in [0.2, 0.25) is 0 Å². The van der Waals surface area contributed by atoms with Gasteiger partial charge in [0.25, 0.3) is 0 Å². The molecule has 0 saturated carbocycles. The molecule has 128 valence electrons. The number of aromatic nitrogens is 1. The lowest BCUT2D eigenvalue weighted by molar-refractivity contribution is 0.659. The fraction of sp³-hybridized carbons (Fsp3) is 0.579. The third kappa shape index (κ3) is 5.14. The van der Waals surface area contributed by atoms with Crippen LogP contribution in [0.2, 0.25) is 0 Å². The van der Waals surface area contributed by atoms with Crippen LogP contribution in [0.4, 0.5) is 0 Å². The van der Waals surface area contributed by atoms with E-state index in [-0.39, 0.29) is 0 Å². The number of unbranched alkanes of at least 4 members (excludes halogenated alkanes) is 4. The summed E-state index contributed by atoms with van der Waals surface area (Å²) in [6.45, 7) is 6.78. The second-order valence-electron chi connectivity index (χ2n) is 5.56.